The molecule has 0 bridgehead atoms. The van der Waals surface area contributed by atoms with E-state index in [-0.39, 0.29) is 23.7 Å². The summed E-state index contributed by atoms with van der Waals surface area (Å²) in [7, 11) is 0. The summed E-state index contributed by atoms with van der Waals surface area (Å²) in [6.07, 6.45) is 0.253. The molecule has 3 aromatic carbocycles. The summed E-state index contributed by atoms with van der Waals surface area (Å²) in [4.78, 5) is 75.6. The normalized spacial score (nSPS) is 12.5. The van der Waals surface area contributed by atoms with Crippen LogP contribution >= 0.6 is 0 Å². The standard InChI is InChI=1S/C32H28N4O8/c1-19-16-35(32(43)36(28(19)38)29(39)20-9-3-2-4-10-20)17-26(30(40)41)34-27(37)15-33-31(42)44-18-25-23-13-7-5-11-21(23)22-12-6-8-14-24(22)25/h2-14,16,25-26H,15,17-18H2,1H3,(H,33,42)(H,34,37)(H,40,41)/t26-/m0/s1. The molecule has 3 N–H and O–H groups in total. The lowest BCUT2D eigenvalue weighted by Gasteiger charge is -2.18. The van der Waals surface area contributed by atoms with E-state index in [1.807, 2.05) is 48.5 Å². The van der Waals surface area contributed by atoms with Crippen LogP contribution in [0.15, 0.2) is 94.6 Å². The minimum atomic E-state index is -1.62. The molecular weight excluding hydrogens is 568 g/mol. The minimum absolute atomic E-state index is 0.0151. The molecule has 224 valence electrons. The summed E-state index contributed by atoms with van der Waals surface area (Å²) in [6.45, 7) is 0.215. The number of alkyl carbamates (subject to hydrolysis) is 1. The summed E-state index contributed by atoms with van der Waals surface area (Å²) in [6, 6.07) is 21.7. The molecule has 12 nitrogen and oxygen atoms in total. The van der Waals surface area contributed by atoms with Crippen molar-refractivity contribution in [1.82, 2.24) is 19.8 Å². The highest BCUT2D eigenvalue weighted by Gasteiger charge is 2.29. The molecule has 0 saturated carbocycles. The third kappa shape index (κ3) is 6.04. The predicted molar refractivity (Wildman–Crippen MR) is 159 cm³/mol. The van der Waals surface area contributed by atoms with Gasteiger partial charge in [-0.15, -0.1) is 0 Å². The molecule has 1 aromatic heterocycles. The Hall–Kier alpha value is -5.78. The number of ether oxygens (including phenoxy) is 1. The fourth-order valence-electron chi connectivity index (χ4n) is 5.19. The zero-order valence-corrected chi connectivity index (χ0v) is 23.6. The number of carbonyl (C=O) groups is 4. The number of nitrogens with one attached hydrogen (secondary N) is 2. The van der Waals surface area contributed by atoms with Crippen LogP contribution in [0.5, 0.6) is 0 Å². The molecule has 0 radical (unpaired) electrons. The molecular formula is C32H28N4O8. The molecule has 0 aliphatic heterocycles. The van der Waals surface area contributed by atoms with Gasteiger partial charge in [-0.05, 0) is 41.3 Å². The molecule has 1 aliphatic carbocycles. The van der Waals surface area contributed by atoms with Crippen LogP contribution in [-0.4, -0.2) is 57.3 Å². The van der Waals surface area contributed by atoms with Crippen LogP contribution in [0.3, 0.4) is 0 Å². The third-order valence-electron chi connectivity index (χ3n) is 7.30. The van der Waals surface area contributed by atoms with Crippen molar-refractivity contribution >= 4 is 23.9 Å². The first-order valence-electron chi connectivity index (χ1n) is 13.7. The maximum absolute atomic E-state index is 13.1. The van der Waals surface area contributed by atoms with Crippen LogP contribution in [0.25, 0.3) is 11.1 Å². The second-order valence-corrected chi connectivity index (χ2v) is 10.2. The van der Waals surface area contributed by atoms with E-state index in [4.69, 9.17) is 4.74 Å². The Balaban J connectivity index is 1.21. The number of hydrogen-bond acceptors (Lipinski definition) is 7. The maximum atomic E-state index is 13.1. The molecule has 44 heavy (non-hydrogen) atoms. The Morgan fingerprint density at radius 2 is 1.48 bits per heavy atom. The number of aliphatic carboxylic acids is 1. The van der Waals surface area contributed by atoms with Gasteiger partial charge in [0.2, 0.25) is 5.91 Å². The van der Waals surface area contributed by atoms with Crippen molar-refractivity contribution in [3.05, 3.63) is 128 Å². The number of carboxylic acid groups (broad SMARTS) is 1. The second-order valence-electron chi connectivity index (χ2n) is 10.2. The summed E-state index contributed by atoms with van der Waals surface area (Å²) in [5.74, 6) is -3.39. The van der Waals surface area contributed by atoms with Crippen LogP contribution in [-0.2, 0) is 20.9 Å². The van der Waals surface area contributed by atoms with E-state index < -0.39 is 54.3 Å². The number of aryl methyl sites for hydroxylation is 1. The van der Waals surface area contributed by atoms with Crippen molar-refractivity contribution in [3.63, 3.8) is 0 Å². The SMILES string of the molecule is Cc1cn(C[C@H](NC(=O)CNC(=O)OCC2c3ccccc3-c3ccccc32)C(=O)O)c(=O)n(C(=O)c2ccccc2)c1=O. The number of nitrogens with zero attached hydrogens (tertiary/aromatic N) is 2. The van der Waals surface area contributed by atoms with Gasteiger partial charge in [0, 0.05) is 23.2 Å². The van der Waals surface area contributed by atoms with E-state index in [1.165, 1.54) is 19.1 Å². The Kier molecular flexibility index (Phi) is 8.51. The zero-order chi connectivity index (χ0) is 31.4. The van der Waals surface area contributed by atoms with E-state index in [0.717, 1.165) is 33.0 Å². The van der Waals surface area contributed by atoms with Gasteiger partial charge in [0.1, 0.15) is 19.2 Å². The molecule has 1 atom stereocenters. The first-order chi connectivity index (χ1) is 21.2. The Bertz CT molecular complexity index is 1830. The first-order valence-corrected chi connectivity index (χ1v) is 13.7. The van der Waals surface area contributed by atoms with Gasteiger partial charge < -0.3 is 20.5 Å². The quantitative estimate of drug-likeness (QED) is 0.264. The predicted octanol–water partition coefficient (Wildman–Crippen LogP) is 2.12. The van der Waals surface area contributed by atoms with Crippen molar-refractivity contribution in [3.8, 4) is 11.1 Å². The number of fused-ring (bicyclic) bond motifs is 3. The van der Waals surface area contributed by atoms with Gasteiger partial charge in [0.05, 0.1) is 6.54 Å². The fourth-order valence-corrected chi connectivity index (χ4v) is 5.19. The lowest BCUT2D eigenvalue weighted by atomic mass is 9.98. The lowest BCUT2D eigenvalue weighted by Crippen LogP contribution is -2.51. The summed E-state index contributed by atoms with van der Waals surface area (Å²) < 4.78 is 6.69. The van der Waals surface area contributed by atoms with Crippen molar-refractivity contribution in [1.29, 1.82) is 0 Å². The summed E-state index contributed by atoms with van der Waals surface area (Å²) in [5.41, 5.74) is 2.36. The smallest absolute Gasteiger partial charge is 0.407 e. The number of benzene rings is 3. The molecule has 2 amide bonds. The van der Waals surface area contributed by atoms with Gasteiger partial charge in [-0.1, -0.05) is 66.7 Å². The average molecular weight is 597 g/mol. The highest BCUT2D eigenvalue weighted by molar-refractivity contribution is 5.95. The van der Waals surface area contributed by atoms with Crippen LogP contribution in [0.4, 0.5) is 4.79 Å². The molecule has 1 aliphatic rings. The van der Waals surface area contributed by atoms with Gasteiger partial charge in [0.25, 0.3) is 11.5 Å². The highest BCUT2D eigenvalue weighted by Crippen LogP contribution is 2.44. The monoisotopic (exact) mass is 596 g/mol. The third-order valence-corrected chi connectivity index (χ3v) is 7.30. The molecule has 12 heteroatoms. The number of rotatable bonds is 9. The lowest BCUT2D eigenvalue weighted by molar-refractivity contribution is -0.142. The van der Waals surface area contributed by atoms with Gasteiger partial charge in [-0.25, -0.2) is 14.4 Å². The van der Waals surface area contributed by atoms with Crippen LogP contribution in [0.2, 0.25) is 0 Å². The maximum Gasteiger partial charge on any atom is 0.407 e. The molecule has 4 aromatic rings. The summed E-state index contributed by atoms with van der Waals surface area (Å²) in [5, 5.41) is 14.3. The molecule has 0 spiro atoms. The molecule has 0 fully saturated rings. The Labute approximate surface area is 250 Å². The van der Waals surface area contributed by atoms with Gasteiger partial charge in [-0.2, -0.15) is 4.57 Å². The molecule has 5 rings (SSSR count). The van der Waals surface area contributed by atoms with Gasteiger partial charge >= 0.3 is 17.8 Å². The van der Waals surface area contributed by atoms with Crippen molar-refractivity contribution in [2.24, 2.45) is 0 Å². The van der Waals surface area contributed by atoms with Crippen LogP contribution in [0.1, 0.15) is 33.0 Å². The van der Waals surface area contributed by atoms with E-state index >= 15 is 0 Å². The van der Waals surface area contributed by atoms with E-state index in [1.54, 1.807) is 18.2 Å². The number of amides is 2. The number of carbonyl (C=O) groups excluding carboxylic acids is 3. The molecule has 1 heterocycles. The zero-order valence-electron chi connectivity index (χ0n) is 23.6. The van der Waals surface area contributed by atoms with E-state index in [0.29, 0.717) is 4.57 Å². The van der Waals surface area contributed by atoms with Gasteiger partial charge in [-0.3, -0.25) is 19.0 Å². The second kappa shape index (κ2) is 12.6. The van der Waals surface area contributed by atoms with Crippen molar-refractivity contribution in [2.45, 2.75) is 25.4 Å². The average Bonchev–Trinajstić information content (AvgIpc) is 3.35. The van der Waals surface area contributed by atoms with Crippen LogP contribution in [0, 0.1) is 6.92 Å². The fraction of sp³-hybridized carbons (Fsp3) is 0.188. The number of carboxylic acids is 1. The molecule has 0 saturated heterocycles. The van der Waals surface area contributed by atoms with E-state index in [9.17, 15) is 33.9 Å². The largest absolute Gasteiger partial charge is 0.480 e. The van der Waals surface area contributed by atoms with Crippen molar-refractivity contribution < 1.29 is 29.0 Å². The molecule has 0 unspecified atom stereocenters. The topological polar surface area (TPSA) is 166 Å². The van der Waals surface area contributed by atoms with Crippen LogP contribution < -0.4 is 21.9 Å². The van der Waals surface area contributed by atoms with Crippen molar-refractivity contribution in [2.75, 3.05) is 13.2 Å². The minimum Gasteiger partial charge on any atom is -0.480 e. The number of hydrogen-bond donors (Lipinski definition) is 3. The highest BCUT2D eigenvalue weighted by atomic mass is 16.5. The Morgan fingerprint density at radius 1 is 0.886 bits per heavy atom. The Morgan fingerprint density at radius 3 is 2.09 bits per heavy atom. The summed E-state index contributed by atoms with van der Waals surface area (Å²) >= 11 is 0. The van der Waals surface area contributed by atoms with E-state index in [2.05, 4.69) is 10.6 Å². The number of aromatic nitrogens is 2. The first kappa shape index (κ1) is 29.7. The van der Waals surface area contributed by atoms with Gasteiger partial charge in [0.15, 0.2) is 0 Å².